The summed E-state index contributed by atoms with van der Waals surface area (Å²) in [5.41, 5.74) is 7.14. The Morgan fingerprint density at radius 1 is 1.47 bits per heavy atom. The Morgan fingerprint density at radius 3 is 3.00 bits per heavy atom. The van der Waals surface area contributed by atoms with Gasteiger partial charge in [-0.2, -0.15) is 0 Å². The van der Waals surface area contributed by atoms with Gasteiger partial charge < -0.3 is 15.8 Å². The van der Waals surface area contributed by atoms with Crippen molar-refractivity contribution in [2.45, 2.75) is 19.9 Å². The molecule has 0 bridgehead atoms. The van der Waals surface area contributed by atoms with Crippen LogP contribution in [0.1, 0.15) is 13.8 Å². The molecule has 0 fully saturated rings. The van der Waals surface area contributed by atoms with Crippen LogP contribution < -0.4 is 11.1 Å². The van der Waals surface area contributed by atoms with Gasteiger partial charge in [0.25, 0.3) is 0 Å². The van der Waals surface area contributed by atoms with Crippen LogP contribution in [0.4, 0.5) is 11.5 Å². The molecule has 0 spiro atoms. The van der Waals surface area contributed by atoms with E-state index in [-0.39, 0.29) is 5.97 Å². The third-order valence-electron chi connectivity index (χ3n) is 2.65. The SMILES string of the molecule is CCOC(=O)C(C)Nc1ncnc2ccc(N)cc12. The molecule has 3 N–H and O–H groups in total. The second-order valence-corrected chi connectivity index (χ2v) is 4.12. The summed E-state index contributed by atoms with van der Waals surface area (Å²) in [5, 5.41) is 3.79. The molecule has 2 rings (SSSR count). The average molecular weight is 260 g/mol. The van der Waals surface area contributed by atoms with Crippen molar-refractivity contribution in [3.63, 3.8) is 0 Å². The molecule has 2 aromatic rings. The van der Waals surface area contributed by atoms with Gasteiger partial charge >= 0.3 is 5.97 Å². The van der Waals surface area contributed by atoms with Gasteiger partial charge in [0.2, 0.25) is 0 Å². The number of nitrogens with zero attached hydrogens (tertiary/aromatic N) is 2. The molecule has 0 amide bonds. The van der Waals surface area contributed by atoms with E-state index >= 15 is 0 Å². The fraction of sp³-hybridized carbons (Fsp3) is 0.308. The number of esters is 1. The average Bonchev–Trinajstić information content (AvgIpc) is 2.39. The Kier molecular flexibility index (Phi) is 3.79. The first kappa shape index (κ1) is 13.1. The van der Waals surface area contributed by atoms with Crippen molar-refractivity contribution in [2.24, 2.45) is 0 Å². The second-order valence-electron chi connectivity index (χ2n) is 4.12. The first-order valence-corrected chi connectivity index (χ1v) is 6.05. The maximum Gasteiger partial charge on any atom is 0.328 e. The van der Waals surface area contributed by atoms with Crippen molar-refractivity contribution in [3.05, 3.63) is 24.5 Å². The highest BCUT2D eigenvalue weighted by Crippen LogP contribution is 2.22. The van der Waals surface area contributed by atoms with Crippen LogP contribution in [-0.2, 0) is 9.53 Å². The number of aromatic nitrogens is 2. The lowest BCUT2D eigenvalue weighted by molar-refractivity contribution is -0.143. The normalized spacial score (nSPS) is 12.1. The monoisotopic (exact) mass is 260 g/mol. The van der Waals surface area contributed by atoms with E-state index in [2.05, 4.69) is 15.3 Å². The highest BCUT2D eigenvalue weighted by atomic mass is 16.5. The number of fused-ring (bicyclic) bond motifs is 1. The molecule has 6 nitrogen and oxygen atoms in total. The molecule has 0 saturated heterocycles. The number of nitrogens with one attached hydrogen (secondary N) is 1. The summed E-state index contributed by atoms with van der Waals surface area (Å²) in [6, 6.07) is 4.87. The Bertz CT molecular complexity index is 600. The number of nitrogens with two attached hydrogens (primary N) is 1. The number of rotatable bonds is 4. The number of hydrogen-bond donors (Lipinski definition) is 2. The second kappa shape index (κ2) is 5.51. The molecule has 6 heteroatoms. The van der Waals surface area contributed by atoms with Crippen molar-refractivity contribution in [2.75, 3.05) is 17.7 Å². The molecule has 19 heavy (non-hydrogen) atoms. The van der Waals surface area contributed by atoms with Gasteiger partial charge in [-0.3, -0.25) is 0 Å². The first-order chi connectivity index (χ1) is 9.11. The zero-order valence-corrected chi connectivity index (χ0v) is 10.9. The van der Waals surface area contributed by atoms with Gasteiger partial charge in [0.05, 0.1) is 12.1 Å². The van der Waals surface area contributed by atoms with Gasteiger partial charge in [-0.1, -0.05) is 0 Å². The Morgan fingerprint density at radius 2 is 2.26 bits per heavy atom. The Balaban J connectivity index is 2.30. The minimum atomic E-state index is -0.487. The topological polar surface area (TPSA) is 90.1 Å². The fourth-order valence-electron chi connectivity index (χ4n) is 1.72. The smallest absolute Gasteiger partial charge is 0.328 e. The summed E-state index contributed by atoms with van der Waals surface area (Å²) in [6.07, 6.45) is 1.44. The number of benzene rings is 1. The van der Waals surface area contributed by atoms with E-state index < -0.39 is 6.04 Å². The molecule has 0 radical (unpaired) electrons. The zero-order chi connectivity index (χ0) is 13.8. The number of anilines is 2. The quantitative estimate of drug-likeness (QED) is 0.640. The van der Waals surface area contributed by atoms with Gasteiger partial charge in [0.1, 0.15) is 18.2 Å². The molecular weight excluding hydrogens is 244 g/mol. The molecule has 0 aliphatic rings. The van der Waals surface area contributed by atoms with E-state index in [1.54, 1.807) is 26.0 Å². The lowest BCUT2D eigenvalue weighted by Crippen LogP contribution is -2.28. The minimum Gasteiger partial charge on any atom is -0.464 e. The maximum absolute atomic E-state index is 11.6. The highest BCUT2D eigenvalue weighted by molar-refractivity contribution is 5.92. The van der Waals surface area contributed by atoms with Crippen LogP contribution in [0, 0.1) is 0 Å². The number of ether oxygens (including phenoxy) is 1. The van der Waals surface area contributed by atoms with Crippen LogP contribution in [0.25, 0.3) is 10.9 Å². The summed E-state index contributed by atoms with van der Waals surface area (Å²) in [4.78, 5) is 19.9. The van der Waals surface area contributed by atoms with Crippen molar-refractivity contribution >= 4 is 28.4 Å². The maximum atomic E-state index is 11.6. The molecular formula is C13H16N4O2. The molecule has 100 valence electrons. The van der Waals surface area contributed by atoms with Crippen molar-refractivity contribution in [1.82, 2.24) is 9.97 Å². The molecule has 1 aromatic carbocycles. The largest absolute Gasteiger partial charge is 0.464 e. The van der Waals surface area contributed by atoms with Crippen LogP contribution in [0.3, 0.4) is 0 Å². The van der Waals surface area contributed by atoms with Crippen LogP contribution in [-0.4, -0.2) is 28.6 Å². The molecule has 0 saturated carbocycles. The number of carbonyl (C=O) groups excluding carboxylic acids is 1. The van der Waals surface area contributed by atoms with E-state index in [0.29, 0.717) is 18.1 Å². The summed E-state index contributed by atoms with van der Waals surface area (Å²) in [7, 11) is 0. The number of hydrogen-bond acceptors (Lipinski definition) is 6. The molecule has 1 atom stereocenters. The zero-order valence-electron chi connectivity index (χ0n) is 10.9. The van der Waals surface area contributed by atoms with E-state index in [0.717, 1.165) is 10.9 Å². The number of nitrogen functional groups attached to an aromatic ring is 1. The highest BCUT2D eigenvalue weighted by Gasteiger charge is 2.15. The van der Waals surface area contributed by atoms with Crippen molar-refractivity contribution in [1.29, 1.82) is 0 Å². The number of carbonyl (C=O) groups is 1. The first-order valence-electron chi connectivity index (χ1n) is 6.05. The van der Waals surface area contributed by atoms with Gasteiger partial charge in [0, 0.05) is 11.1 Å². The fourth-order valence-corrected chi connectivity index (χ4v) is 1.72. The predicted molar refractivity (Wildman–Crippen MR) is 73.7 cm³/mol. The summed E-state index contributed by atoms with van der Waals surface area (Å²) >= 11 is 0. The third-order valence-corrected chi connectivity index (χ3v) is 2.65. The molecule has 0 aliphatic carbocycles. The lowest BCUT2D eigenvalue weighted by atomic mass is 10.2. The van der Waals surface area contributed by atoms with Crippen LogP contribution in [0.15, 0.2) is 24.5 Å². The summed E-state index contributed by atoms with van der Waals surface area (Å²) in [6.45, 7) is 3.84. The summed E-state index contributed by atoms with van der Waals surface area (Å²) < 4.78 is 4.94. The van der Waals surface area contributed by atoms with Crippen LogP contribution >= 0.6 is 0 Å². The third kappa shape index (κ3) is 2.90. The van der Waals surface area contributed by atoms with Crippen LogP contribution in [0.5, 0.6) is 0 Å². The van der Waals surface area contributed by atoms with E-state index in [4.69, 9.17) is 10.5 Å². The lowest BCUT2D eigenvalue weighted by Gasteiger charge is -2.14. The standard InChI is InChI=1S/C13H16N4O2/c1-3-19-13(18)8(2)17-12-10-6-9(14)4-5-11(10)15-7-16-12/h4-8H,3,14H2,1-2H3,(H,15,16,17). The predicted octanol–water partition coefficient (Wildman–Crippen LogP) is 1.58. The molecule has 1 unspecified atom stereocenters. The van der Waals surface area contributed by atoms with Gasteiger partial charge in [-0.05, 0) is 32.0 Å². The Labute approximate surface area is 111 Å². The van der Waals surface area contributed by atoms with Gasteiger partial charge in [-0.15, -0.1) is 0 Å². The van der Waals surface area contributed by atoms with Gasteiger partial charge in [-0.25, -0.2) is 14.8 Å². The van der Waals surface area contributed by atoms with Crippen molar-refractivity contribution < 1.29 is 9.53 Å². The minimum absolute atomic E-state index is 0.321. The van der Waals surface area contributed by atoms with Gasteiger partial charge in [0.15, 0.2) is 0 Å². The van der Waals surface area contributed by atoms with Crippen LogP contribution in [0.2, 0.25) is 0 Å². The molecule has 1 aromatic heterocycles. The summed E-state index contributed by atoms with van der Waals surface area (Å²) in [5.74, 6) is 0.246. The molecule has 1 heterocycles. The van der Waals surface area contributed by atoms with E-state index in [9.17, 15) is 4.79 Å². The molecule has 0 aliphatic heterocycles. The van der Waals surface area contributed by atoms with E-state index in [1.807, 2.05) is 6.07 Å². The Hall–Kier alpha value is -2.37. The van der Waals surface area contributed by atoms with E-state index in [1.165, 1.54) is 6.33 Å². The van der Waals surface area contributed by atoms with Crippen molar-refractivity contribution in [3.8, 4) is 0 Å².